The van der Waals surface area contributed by atoms with Gasteiger partial charge >= 0.3 is 0 Å². The Hall–Kier alpha value is -0.910. The highest BCUT2D eigenvalue weighted by Crippen LogP contribution is 2.19. The van der Waals surface area contributed by atoms with Gasteiger partial charge in [0.1, 0.15) is 0 Å². The van der Waals surface area contributed by atoms with Crippen molar-refractivity contribution in [3.63, 3.8) is 0 Å². The molecule has 146 valence electrons. The van der Waals surface area contributed by atoms with E-state index in [1.807, 2.05) is 0 Å². The molecule has 2 unspecified atom stereocenters. The normalized spacial score (nSPS) is 17.8. The fourth-order valence-electron chi connectivity index (χ4n) is 3.27. The Morgan fingerprint density at radius 3 is 2.46 bits per heavy atom. The summed E-state index contributed by atoms with van der Waals surface area (Å²) < 4.78 is 0. The van der Waals surface area contributed by atoms with Gasteiger partial charge in [-0.1, -0.05) is 69.7 Å². The lowest BCUT2D eigenvalue weighted by atomic mass is 9.98. The Bertz CT molecular complexity index is 553. The highest BCUT2D eigenvalue weighted by atomic mass is 31.0. The molecule has 0 bridgehead atoms. The zero-order valence-electron chi connectivity index (χ0n) is 17.7. The molecular formula is C24H40NP. The standard InChI is InChI=1S/C14H26NP.C10H14/c1-4-5-14(16)7-6-13(3)15-10-8-12(2)9-11-15;1-3-6-10-8-5-4-7-9(10)2/h5-7,12-13H,4,8-11,16H2,1-3H3;4-5,7-8H,3,6H2,1-2H3/b7-6-,14-5+;. The Balaban J connectivity index is 0.000000289. The van der Waals surface area contributed by atoms with E-state index in [0.717, 1.165) is 12.3 Å². The van der Waals surface area contributed by atoms with Crippen molar-refractivity contribution in [1.82, 2.24) is 4.90 Å². The minimum Gasteiger partial charge on any atom is -0.297 e. The molecule has 26 heavy (non-hydrogen) atoms. The van der Waals surface area contributed by atoms with Crippen LogP contribution >= 0.6 is 9.24 Å². The first-order valence-corrected chi connectivity index (χ1v) is 11.0. The molecule has 0 aromatic heterocycles. The lowest BCUT2D eigenvalue weighted by Gasteiger charge is -2.33. The molecule has 1 aliphatic rings. The number of benzene rings is 1. The van der Waals surface area contributed by atoms with E-state index in [1.165, 1.54) is 55.2 Å². The molecule has 0 saturated carbocycles. The summed E-state index contributed by atoms with van der Waals surface area (Å²) in [6.07, 6.45) is 13.1. The van der Waals surface area contributed by atoms with Crippen molar-refractivity contribution in [2.24, 2.45) is 5.92 Å². The number of hydrogen-bond acceptors (Lipinski definition) is 1. The molecule has 1 aliphatic heterocycles. The van der Waals surface area contributed by atoms with E-state index < -0.39 is 0 Å². The lowest BCUT2D eigenvalue weighted by molar-refractivity contribution is 0.169. The van der Waals surface area contributed by atoms with Crippen LogP contribution in [0.25, 0.3) is 0 Å². The maximum Gasteiger partial charge on any atom is 0.0253 e. The summed E-state index contributed by atoms with van der Waals surface area (Å²) in [6, 6.07) is 9.16. The topological polar surface area (TPSA) is 3.24 Å². The summed E-state index contributed by atoms with van der Waals surface area (Å²) in [5, 5.41) is 1.31. The first kappa shape index (κ1) is 23.1. The summed E-state index contributed by atoms with van der Waals surface area (Å²) in [5.41, 5.74) is 2.91. The maximum atomic E-state index is 2.79. The number of nitrogens with zero attached hydrogens (tertiary/aromatic N) is 1. The second kappa shape index (κ2) is 13.3. The summed E-state index contributed by atoms with van der Waals surface area (Å²) in [7, 11) is 2.79. The van der Waals surface area contributed by atoms with Gasteiger partial charge in [0.15, 0.2) is 0 Å². The highest BCUT2D eigenvalue weighted by Gasteiger charge is 2.18. The van der Waals surface area contributed by atoms with Crippen LogP contribution in [0.3, 0.4) is 0 Å². The average molecular weight is 374 g/mol. The zero-order chi connectivity index (χ0) is 19.4. The second-order valence-electron chi connectivity index (χ2n) is 7.61. The molecule has 1 heterocycles. The quantitative estimate of drug-likeness (QED) is 0.392. The smallest absolute Gasteiger partial charge is 0.0253 e. The van der Waals surface area contributed by atoms with E-state index in [1.54, 1.807) is 0 Å². The molecule has 0 N–H and O–H groups in total. The highest BCUT2D eigenvalue weighted by molar-refractivity contribution is 7.22. The SMILES string of the molecule is CC/C=C(P)\C=C/C(C)N1CCC(C)CC1.CCCc1ccccc1C. The fourth-order valence-corrected chi connectivity index (χ4v) is 3.62. The summed E-state index contributed by atoms with van der Waals surface area (Å²) in [6.45, 7) is 13.7. The second-order valence-corrected chi connectivity index (χ2v) is 8.27. The van der Waals surface area contributed by atoms with Crippen molar-refractivity contribution >= 4 is 9.24 Å². The molecule has 2 rings (SSSR count). The third-order valence-electron chi connectivity index (χ3n) is 5.18. The van der Waals surface area contributed by atoms with Crippen molar-refractivity contribution in [3.8, 4) is 0 Å². The lowest BCUT2D eigenvalue weighted by Crippen LogP contribution is -2.38. The van der Waals surface area contributed by atoms with E-state index in [0.29, 0.717) is 6.04 Å². The van der Waals surface area contributed by atoms with Crippen LogP contribution in [0.15, 0.2) is 47.8 Å². The molecule has 0 aliphatic carbocycles. The van der Waals surface area contributed by atoms with Gasteiger partial charge < -0.3 is 0 Å². The van der Waals surface area contributed by atoms with Crippen molar-refractivity contribution in [1.29, 1.82) is 0 Å². The number of likely N-dealkylation sites (tertiary alicyclic amines) is 1. The van der Waals surface area contributed by atoms with Crippen LogP contribution < -0.4 is 0 Å². The monoisotopic (exact) mass is 373 g/mol. The third kappa shape index (κ3) is 9.15. The Morgan fingerprint density at radius 1 is 1.23 bits per heavy atom. The van der Waals surface area contributed by atoms with Gasteiger partial charge in [-0.3, -0.25) is 4.90 Å². The van der Waals surface area contributed by atoms with Crippen molar-refractivity contribution < 1.29 is 0 Å². The van der Waals surface area contributed by atoms with Crippen LogP contribution in [0, 0.1) is 12.8 Å². The number of piperidine rings is 1. The van der Waals surface area contributed by atoms with Crippen molar-refractivity contribution in [2.45, 2.75) is 72.8 Å². The van der Waals surface area contributed by atoms with Gasteiger partial charge in [0.05, 0.1) is 0 Å². The van der Waals surface area contributed by atoms with Crippen LogP contribution in [0.2, 0.25) is 0 Å². The van der Waals surface area contributed by atoms with E-state index in [4.69, 9.17) is 0 Å². The number of rotatable bonds is 6. The molecule has 2 atom stereocenters. The minimum atomic E-state index is 0.577. The largest absolute Gasteiger partial charge is 0.297 e. The first-order valence-electron chi connectivity index (χ1n) is 10.4. The summed E-state index contributed by atoms with van der Waals surface area (Å²) in [4.78, 5) is 2.58. The molecule has 2 heteroatoms. The van der Waals surface area contributed by atoms with E-state index >= 15 is 0 Å². The molecule has 1 saturated heterocycles. The molecule has 1 aromatic carbocycles. The predicted octanol–water partition coefficient (Wildman–Crippen LogP) is 6.78. The molecule has 1 fully saturated rings. The van der Waals surface area contributed by atoms with Gasteiger partial charge in [0.2, 0.25) is 0 Å². The first-order chi connectivity index (χ1) is 12.5. The van der Waals surface area contributed by atoms with Crippen LogP contribution in [0.5, 0.6) is 0 Å². The Labute approximate surface area is 165 Å². The van der Waals surface area contributed by atoms with Gasteiger partial charge in [0.25, 0.3) is 0 Å². The predicted molar refractivity (Wildman–Crippen MR) is 122 cm³/mol. The minimum absolute atomic E-state index is 0.577. The summed E-state index contributed by atoms with van der Waals surface area (Å²) >= 11 is 0. The Morgan fingerprint density at radius 2 is 1.88 bits per heavy atom. The molecule has 1 nitrogen and oxygen atoms in total. The van der Waals surface area contributed by atoms with Gasteiger partial charge in [-0.05, 0) is 75.0 Å². The van der Waals surface area contributed by atoms with Crippen LogP contribution in [-0.2, 0) is 6.42 Å². The number of aryl methyl sites for hydroxylation is 2. The molecular weight excluding hydrogens is 333 g/mol. The van der Waals surface area contributed by atoms with Gasteiger partial charge in [-0.2, -0.15) is 0 Å². The van der Waals surface area contributed by atoms with Crippen LogP contribution in [0.1, 0.15) is 64.5 Å². The molecule has 0 spiro atoms. The molecule has 0 radical (unpaired) electrons. The van der Waals surface area contributed by atoms with Gasteiger partial charge in [-0.15, -0.1) is 9.24 Å². The fraction of sp³-hybridized carbons (Fsp3) is 0.583. The number of hydrogen-bond donors (Lipinski definition) is 0. The van der Waals surface area contributed by atoms with E-state index in [9.17, 15) is 0 Å². The average Bonchev–Trinajstić information content (AvgIpc) is 2.63. The van der Waals surface area contributed by atoms with E-state index in [-0.39, 0.29) is 0 Å². The third-order valence-corrected chi connectivity index (χ3v) is 5.61. The van der Waals surface area contributed by atoms with Gasteiger partial charge in [-0.25, -0.2) is 0 Å². The van der Waals surface area contributed by atoms with Crippen LogP contribution in [-0.4, -0.2) is 24.0 Å². The number of allylic oxidation sites excluding steroid dienone is 3. The molecule has 1 aromatic rings. The zero-order valence-corrected chi connectivity index (χ0v) is 18.8. The van der Waals surface area contributed by atoms with E-state index in [2.05, 4.69) is 91.3 Å². The van der Waals surface area contributed by atoms with Crippen LogP contribution in [0.4, 0.5) is 0 Å². The molecule has 0 amide bonds. The van der Waals surface area contributed by atoms with Crippen molar-refractivity contribution in [3.05, 3.63) is 58.9 Å². The summed E-state index contributed by atoms with van der Waals surface area (Å²) in [5.74, 6) is 0.921. The Kier molecular flexibility index (Phi) is 11.8. The maximum absolute atomic E-state index is 2.79. The van der Waals surface area contributed by atoms with Gasteiger partial charge in [0, 0.05) is 6.04 Å². The van der Waals surface area contributed by atoms with Crippen molar-refractivity contribution in [2.75, 3.05) is 13.1 Å².